The van der Waals surface area contributed by atoms with E-state index >= 15 is 0 Å². The van der Waals surface area contributed by atoms with E-state index in [2.05, 4.69) is 5.32 Å². The van der Waals surface area contributed by atoms with Crippen LogP contribution in [0.15, 0.2) is 30.3 Å². The Labute approximate surface area is 175 Å². The van der Waals surface area contributed by atoms with Gasteiger partial charge >= 0.3 is 0 Å². The molecule has 2 aromatic rings. The summed E-state index contributed by atoms with van der Waals surface area (Å²) in [6.07, 6.45) is 2.39. The zero-order chi connectivity index (χ0) is 21.0. The fourth-order valence-electron chi connectivity index (χ4n) is 3.30. The van der Waals surface area contributed by atoms with Crippen LogP contribution < -0.4 is 24.3 Å². The van der Waals surface area contributed by atoms with Crippen molar-refractivity contribution in [1.82, 2.24) is 5.32 Å². The van der Waals surface area contributed by atoms with Crippen molar-refractivity contribution < 1.29 is 23.7 Å². The molecule has 0 spiro atoms. The Hall–Kier alpha value is -2.86. The maximum atomic E-state index is 13.0. The number of rotatable bonds is 7. The van der Waals surface area contributed by atoms with Crippen LogP contribution in [0.2, 0.25) is 5.02 Å². The zero-order valence-corrected chi connectivity index (χ0v) is 17.7. The molecule has 0 amide bonds. The average molecular weight is 418 g/mol. The second-order valence-corrected chi connectivity index (χ2v) is 6.79. The Morgan fingerprint density at radius 1 is 1.07 bits per heavy atom. The maximum Gasteiger partial charge on any atom is 0.188 e. The number of nitrogens with one attached hydrogen (secondary N) is 1. The average Bonchev–Trinajstić information content (AvgIpc) is 2.74. The molecule has 7 heteroatoms. The molecule has 0 aliphatic carbocycles. The largest absolute Gasteiger partial charge is 0.493 e. The van der Waals surface area contributed by atoms with Crippen LogP contribution in [-0.2, 0) is 6.42 Å². The van der Waals surface area contributed by atoms with Gasteiger partial charge in [0, 0.05) is 29.4 Å². The van der Waals surface area contributed by atoms with Gasteiger partial charge < -0.3 is 24.3 Å². The van der Waals surface area contributed by atoms with Gasteiger partial charge in [0.25, 0.3) is 0 Å². The lowest BCUT2D eigenvalue weighted by atomic mass is 9.95. The van der Waals surface area contributed by atoms with Gasteiger partial charge in [0.1, 0.15) is 0 Å². The number of hydrogen-bond acceptors (Lipinski definition) is 6. The van der Waals surface area contributed by atoms with E-state index < -0.39 is 0 Å². The number of carbonyl (C=O) groups is 1. The highest BCUT2D eigenvalue weighted by molar-refractivity contribution is 6.33. The van der Waals surface area contributed by atoms with Gasteiger partial charge in [-0.05, 0) is 43.2 Å². The molecule has 0 fully saturated rings. The van der Waals surface area contributed by atoms with Crippen LogP contribution in [0.5, 0.6) is 23.0 Å². The minimum absolute atomic E-state index is 0.196. The number of allylic oxidation sites excluding steroid dienone is 1. The highest BCUT2D eigenvalue weighted by Gasteiger charge is 2.20. The number of ether oxygens (including phenoxy) is 4. The monoisotopic (exact) mass is 417 g/mol. The first-order chi connectivity index (χ1) is 14.0. The molecule has 1 N–H and O–H groups in total. The summed E-state index contributed by atoms with van der Waals surface area (Å²) in [5, 5.41) is 3.62. The molecule has 0 aromatic heterocycles. The van der Waals surface area contributed by atoms with E-state index in [0.29, 0.717) is 40.2 Å². The third-order valence-corrected chi connectivity index (χ3v) is 4.97. The van der Waals surface area contributed by atoms with Crippen molar-refractivity contribution in [3.8, 4) is 23.0 Å². The summed E-state index contributed by atoms with van der Waals surface area (Å²) in [6, 6.07) is 7.05. The molecule has 154 valence electrons. The van der Waals surface area contributed by atoms with Crippen molar-refractivity contribution in [2.24, 2.45) is 0 Å². The van der Waals surface area contributed by atoms with Gasteiger partial charge in [-0.1, -0.05) is 11.6 Å². The molecule has 0 unspecified atom stereocenters. The van der Waals surface area contributed by atoms with Crippen molar-refractivity contribution in [2.75, 3.05) is 34.5 Å². The summed E-state index contributed by atoms with van der Waals surface area (Å²) in [5.74, 6) is 1.93. The third-order valence-electron chi connectivity index (χ3n) is 4.69. The Morgan fingerprint density at radius 2 is 1.76 bits per heavy atom. The fourth-order valence-corrected chi connectivity index (χ4v) is 3.56. The molecule has 29 heavy (non-hydrogen) atoms. The molecule has 1 aliphatic rings. The summed E-state index contributed by atoms with van der Waals surface area (Å²) < 4.78 is 21.7. The van der Waals surface area contributed by atoms with Gasteiger partial charge in [0.15, 0.2) is 28.8 Å². The van der Waals surface area contributed by atoms with E-state index in [1.807, 2.05) is 19.1 Å². The first-order valence-corrected chi connectivity index (χ1v) is 9.65. The lowest BCUT2D eigenvalue weighted by Gasteiger charge is -2.23. The second-order valence-electron chi connectivity index (χ2n) is 6.39. The summed E-state index contributed by atoms with van der Waals surface area (Å²) in [7, 11) is 4.71. The molecule has 0 radical (unpaired) electrons. The van der Waals surface area contributed by atoms with E-state index in [-0.39, 0.29) is 5.78 Å². The minimum Gasteiger partial charge on any atom is -0.493 e. The van der Waals surface area contributed by atoms with Crippen LogP contribution >= 0.6 is 11.6 Å². The highest BCUT2D eigenvalue weighted by atomic mass is 35.5. The van der Waals surface area contributed by atoms with Gasteiger partial charge in [-0.15, -0.1) is 0 Å². The molecular weight excluding hydrogens is 394 g/mol. The second kappa shape index (κ2) is 9.09. The summed E-state index contributed by atoms with van der Waals surface area (Å²) in [6.45, 7) is 3.02. The zero-order valence-electron chi connectivity index (χ0n) is 16.9. The quantitative estimate of drug-likeness (QED) is 0.539. The minimum atomic E-state index is -0.196. The Bertz CT molecular complexity index is 955. The number of fused-ring (bicyclic) bond motifs is 1. The molecule has 0 atom stereocenters. The maximum absolute atomic E-state index is 13.0. The van der Waals surface area contributed by atoms with Crippen molar-refractivity contribution in [3.05, 3.63) is 52.1 Å². The van der Waals surface area contributed by atoms with Crippen LogP contribution in [0.25, 0.3) is 5.70 Å². The predicted molar refractivity (Wildman–Crippen MR) is 113 cm³/mol. The first kappa shape index (κ1) is 20.9. The van der Waals surface area contributed by atoms with Crippen LogP contribution in [0.4, 0.5) is 0 Å². The topological polar surface area (TPSA) is 66.0 Å². The summed E-state index contributed by atoms with van der Waals surface area (Å²) in [5.41, 5.74) is 3.13. The number of carbonyl (C=O) groups excluding carboxylic acids is 1. The standard InChI is InChI=1S/C22H24ClNO5/c1-5-29-22-16(23)8-14(10-21(22)28-4)18(25)12-17-15-11-20(27-3)19(26-2)9-13(15)6-7-24-17/h8-12,24H,5-7H2,1-4H3/b17-12-. The van der Waals surface area contributed by atoms with Crippen LogP contribution in [0.1, 0.15) is 28.4 Å². The molecule has 0 saturated heterocycles. The molecule has 3 rings (SSSR count). The smallest absolute Gasteiger partial charge is 0.188 e. The van der Waals surface area contributed by atoms with Gasteiger partial charge in [0.05, 0.1) is 33.0 Å². The normalized spacial score (nSPS) is 14.0. The fraction of sp³-hybridized carbons (Fsp3) is 0.318. The van der Waals surface area contributed by atoms with Crippen LogP contribution in [0.3, 0.4) is 0 Å². The lowest BCUT2D eigenvalue weighted by Crippen LogP contribution is -2.23. The van der Waals surface area contributed by atoms with E-state index in [1.54, 1.807) is 32.4 Å². The van der Waals surface area contributed by atoms with Crippen molar-refractivity contribution in [1.29, 1.82) is 0 Å². The number of benzene rings is 2. The molecule has 0 saturated carbocycles. The summed E-state index contributed by atoms with van der Waals surface area (Å²) in [4.78, 5) is 13.0. The van der Waals surface area contributed by atoms with E-state index in [0.717, 1.165) is 29.8 Å². The lowest BCUT2D eigenvalue weighted by molar-refractivity contribution is 0.104. The van der Waals surface area contributed by atoms with Crippen LogP contribution in [0, 0.1) is 0 Å². The predicted octanol–water partition coefficient (Wildman–Crippen LogP) is 4.13. The number of halogens is 1. The molecule has 1 heterocycles. The van der Waals surface area contributed by atoms with E-state index in [9.17, 15) is 4.79 Å². The molecule has 2 aromatic carbocycles. The van der Waals surface area contributed by atoms with Gasteiger partial charge in [0.2, 0.25) is 0 Å². The molecule has 6 nitrogen and oxygen atoms in total. The van der Waals surface area contributed by atoms with Gasteiger partial charge in [-0.25, -0.2) is 0 Å². The number of ketones is 1. The van der Waals surface area contributed by atoms with Crippen LogP contribution in [-0.4, -0.2) is 40.3 Å². The molecule has 0 bridgehead atoms. The molecular formula is C22H24ClNO5. The Balaban J connectivity index is 2.00. The third kappa shape index (κ3) is 4.27. The number of hydrogen-bond donors (Lipinski definition) is 1. The van der Waals surface area contributed by atoms with Gasteiger partial charge in [-0.2, -0.15) is 0 Å². The number of methoxy groups -OCH3 is 3. The van der Waals surface area contributed by atoms with Crippen molar-refractivity contribution in [2.45, 2.75) is 13.3 Å². The van der Waals surface area contributed by atoms with E-state index in [1.165, 1.54) is 7.11 Å². The van der Waals surface area contributed by atoms with Crippen molar-refractivity contribution in [3.63, 3.8) is 0 Å². The Morgan fingerprint density at radius 3 is 2.41 bits per heavy atom. The SMILES string of the molecule is CCOc1c(Cl)cc(C(=O)/C=C2\NCCc3cc(OC)c(OC)cc32)cc1OC. The first-order valence-electron chi connectivity index (χ1n) is 9.27. The Kier molecular flexibility index (Phi) is 6.54. The highest BCUT2D eigenvalue weighted by Crippen LogP contribution is 2.38. The summed E-state index contributed by atoms with van der Waals surface area (Å²) >= 11 is 6.31. The molecule has 1 aliphatic heterocycles. The van der Waals surface area contributed by atoms with Gasteiger partial charge in [-0.3, -0.25) is 4.79 Å². The van der Waals surface area contributed by atoms with E-state index in [4.69, 9.17) is 30.5 Å². The van der Waals surface area contributed by atoms with Crippen molar-refractivity contribution >= 4 is 23.1 Å².